The largest absolute Gasteiger partial charge is 0.462 e. The quantitative estimate of drug-likeness (QED) is 0.107. The number of nitrogen functional groups attached to an aromatic ring is 2. The molecule has 1 aliphatic carbocycles. The number of anilines is 2. The van der Waals surface area contributed by atoms with Crippen LogP contribution in [-0.2, 0) is 14.3 Å². The van der Waals surface area contributed by atoms with Crippen LogP contribution in [0.15, 0.2) is 48.5 Å². The lowest BCUT2D eigenvalue weighted by molar-refractivity contribution is -0.140. The number of ether oxygens (including phenoxy) is 2. The van der Waals surface area contributed by atoms with Crippen LogP contribution >= 0.6 is 0 Å². The van der Waals surface area contributed by atoms with E-state index in [4.69, 9.17) is 20.9 Å². The van der Waals surface area contributed by atoms with E-state index in [2.05, 4.69) is 6.92 Å². The lowest BCUT2D eigenvalue weighted by Gasteiger charge is -2.27. The van der Waals surface area contributed by atoms with Crippen LogP contribution in [0.25, 0.3) is 6.08 Å². The van der Waals surface area contributed by atoms with Gasteiger partial charge in [-0.05, 0) is 79.1 Å². The molecule has 0 aromatic heterocycles. The molecular formula is C31H42N2O4. The fourth-order valence-corrected chi connectivity index (χ4v) is 4.90. The summed E-state index contributed by atoms with van der Waals surface area (Å²) in [6, 6.07) is 12.5. The number of esters is 2. The number of nitrogens with two attached hydrogens (primary N) is 2. The molecule has 0 amide bonds. The molecule has 2 aromatic carbocycles. The first-order valence-electron chi connectivity index (χ1n) is 13.7. The zero-order valence-corrected chi connectivity index (χ0v) is 22.3. The summed E-state index contributed by atoms with van der Waals surface area (Å²) < 4.78 is 11.0. The highest BCUT2D eigenvalue weighted by molar-refractivity contribution is 5.87. The van der Waals surface area contributed by atoms with Crippen molar-refractivity contribution in [3.05, 3.63) is 59.7 Å². The fraction of sp³-hybridized carbons (Fsp3) is 0.484. The smallest absolute Gasteiger partial charge is 0.330 e. The highest BCUT2D eigenvalue weighted by Crippen LogP contribution is 2.33. The Morgan fingerprint density at radius 3 is 2.30 bits per heavy atom. The first-order chi connectivity index (χ1) is 17.8. The topological polar surface area (TPSA) is 105 Å². The molecule has 0 radical (unpaired) electrons. The Kier molecular flexibility index (Phi) is 11.1. The van der Waals surface area contributed by atoms with Gasteiger partial charge < -0.3 is 20.9 Å². The van der Waals surface area contributed by atoms with Crippen LogP contribution in [0.5, 0.6) is 5.75 Å². The molecular weight excluding hydrogens is 464 g/mol. The van der Waals surface area contributed by atoms with E-state index >= 15 is 0 Å². The average Bonchev–Trinajstić information content (AvgIpc) is 2.89. The van der Waals surface area contributed by atoms with Gasteiger partial charge in [0, 0.05) is 23.4 Å². The summed E-state index contributed by atoms with van der Waals surface area (Å²) in [7, 11) is 0. The Balaban J connectivity index is 1.39. The number of benzene rings is 2. The molecule has 2 aromatic rings. The molecule has 200 valence electrons. The number of hydrogen-bond acceptors (Lipinski definition) is 6. The molecule has 0 spiro atoms. The normalized spacial score (nSPS) is 18.4. The van der Waals surface area contributed by atoms with E-state index in [9.17, 15) is 9.59 Å². The molecule has 1 atom stereocenters. The molecule has 6 heteroatoms. The Labute approximate surface area is 221 Å². The number of hydrogen-bond donors (Lipinski definition) is 2. The second kappa shape index (κ2) is 14.5. The van der Waals surface area contributed by atoms with Crippen LogP contribution in [0.4, 0.5) is 11.4 Å². The van der Waals surface area contributed by atoms with Gasteiger partial charge in [0.15, 0.2) is 0 Å². The molecule has 1 unspecified atom stereocenters. The summed E-state index contributed by atoms with van der Waals surface area (Å²) >= 11 is 0. The minimum absolute atomic E-state index is 0.00704. The van der Waals surface area contributed by atoms with E-state index in [-0.39, 0.29) is 24.4 Å². The van der Waals surface area contributed by atoms with Crippen molar-refractivity contribution in [2.75, 3.05) is 18.1 Å². The molecule has 37 heavy (non-hydrogen) atoms. The van der Waals surface area contributed by atoms with E-state index < -0.39 is 5.97 Å². The minimum Gasteiger partial charge on any atom is -0.462 e. The molecule has 0 saturated heterocycles. The van der Waals surface area contributed by atoms with Crippen molar-refractivity contribution in [1.29, 1.82) is 0 Å². The van der Waals surface area contributed by atoms with Gasteiger partial charge in [-0.15, -0.1) is 0 Å². The highest BCUT2D eigenvalue weighted by Gasteiger charge is 2.27. The van der Waals surface area contributed by atoms with Gasteiger partial charge in [0.2, 0.25) is 0 Å². The Morgan fingerprint density at radius 2 is 1.65 bits per heavy atom. The molecule has 0 aliphatic heterocycles. The maximum Gasteiger partial charge on any atom is 0.330 e. The van der Waals surface area contributed by atoms with E-state index in [1.807, 2.05) is 31.2 Å². The number of carbonyl (C=O) groups excluding carboxylic acids is 2. The van der Waals surface area contributed by atoms with Crippen LogP contribution < -0.4 is 16.2 Å². The average molecular weight is 507 g/mol. The fourth-order valence-electron chi connectivity index (χ4n) is 4.90. The molecule has 1 saturated carbocycles. The third-order valence-electron chi connectivity index (χ3n) is 7.20. The number of rotatable bonds is 12. The second-order valence-electron chi connectivity index (χ2n) is 10.4. The van der Waals surface area contributed by atoms with Crippen molar-refractivity contribution < 1.29 is 19.1 Å². The second-order valence-corrected chi connectivity index (χ2v) is 10.4. The predicted molar refractivity (Wildman–Crippen MR) is 150 cm³/mol. The third-order valence-corrected chi connectivity index (χ3v) is 7.20. The van der Waals surface area contributed by atoms with Gasteiger partial charge in [-0.2, -0.15) is 0 Å². The maximum absolute atomic E-state index is 12.6. The number of unbranched alkanes of at least 4 members (excludes halogenated alkanes) is 3. The summed E-state index contributed by atoms with van der Waals surface area (Å²) in [6.45, 7) is 4.41. The Bertz CT molecular complexity index is 1020. The van der Waals surface area contributed by atoms with Gasteiger partial charge in [-0.25, -0.2) is 4.79 Å². The van der Waals surface area contributed by atoms with Crippen LogP contribution in [0, 0.1) is 11.8 Å². The van der Waals surface area contributed by atoms with Crippen molar-refractivity contribution in [2.24, 2.45) is 11.8 Å². The van der Waals surface area contributed by atoms with Gasteiger partial charge >= 0.3 is 11.9 Å². The van der Waals surface area contributed by atoms with Gasteiger partial charge in [0.1, 0.15) is 5.75 Å². The van der Waals surface area contributed by atoms with E-state index in [0.29, 0.717) is 17.1 Å². The minimum atomic E-state index is -0.430. The van der Waals surface area contributed by atoms with Crippen LogP contribution in [-0.4, -0.2) is 18.5 Å². The van der Waals surface area contributed by atoms with Gasteiger partial charge in [0.25, 0.3) is 0 Å². The standard InChI is InChI=1S/C31H42N2O4/c1-3-4-5-6-7-23-8-13-25(14-9-23)31(35)37-29-15-10-24(11-16-29)12-17-30(34)36-21-22(2)26-18-27(32)20-28(33)19-26/h10-12,15-20,22-23,25H,3-9,13-14,21,32-33H2,1-2H3. The molecule has 1 fully saturated rings. The van der Waals surface area contributed by atoms with E-state index in [1.54, 1.807) is 24.3 Å². The molecule has 0 heterocycles. The highest BCUT2D eigenvalue weighted by atomic mass is 16.5. The lowest BCUT2D eigenvalue weighted by atomic mass is 9.80. The Hall–Kier alpha value is -3.28. The number of carbonyl (C=O) groups is 2. The third kappa shape index (κ3) is 9.60. The lowest BCUT2D eigenvalue weighted by Crippen LogP contribution is -2.25. The van der Waals surface area contributed by atoms with Crippen molar-refractivity contribution in [1.82, 2.24) is 0 Å². The van der Waals surface area contributed by atoms with Gasteiger partial charge in [0.05, 0.1) is 12.5 Å². The Morgan fingerprint density at radius 1 is 0.973 bits per heavy atom. The van der Waals surface area contributed by atoms with E-state index in [1.165, 1.54) is 38.2 Å². The van der Waals surface area contributed by atoms with Gasteiger partial charge in [-0.1, -0.05) is 58.1 Å². The molecule has 0 bridgehead atoms. The van der Waals surface area contributed by atoms with Crippen molar-refractivity contribution in [2.45, 2.75) is 77.6 Å². The molecule has 6 nitrogen and oxygen atoms in total. The first kappa shape index (κ1) is 28.3. The van der Waals surface area contributed by atoms with Crippen molar-refractivity contribution in [3.63, 3.8) is 0 Å². The SMILES string of the molecule is CCCCCCC1CCC(C(=O)Oc2ccc(C=CC(=O)OCC(C)c3cc(N)cc(N)c3)cc2)CC1. The van der Waals surface area contributed by atoms with Crippen LogP contribution in [0.3, 0.4) is 0 Å². The summed E-state index contributed by atoms with van der Waals surface area (Å²) in [6.07, 6.45) is 13.7. The summed E-state index contributed by atoms with van der Waals surface area (Å²) in [5, 5.41) is 0. The molecule has 3 rings (SSSR count). The maximum atomic E-state index is 12.6. The predicted octanol–water partition coefficient (Wildman–Crippen LogP) is 6.89. The summed E-state index contributed by atoms with van der Waals surface area (Å²) in [4.78, 5) is 24.8. The zero-order chi connectivity index (χ0) is 26.6. The van der Waals surface area contributed by atoms with Crippen LogP contribution in [0.1, 0.15) is 88.7 Å². The van der Waals surface area contributed by atoms with Gasteiger partial charge in [-0.3, -0.25) is 4.79 Å². The first-order valence-corrected chi connectivity index (χ1v) is 13.7. The summed E-state index contributed by atoms with van der Waals surface area (Å²) in [5.74, 6) is 0.692. The summed E-state index contributed by atoms with van der Waals surface area (Å²) in [5.41, 5.74) is 14.6. The van der Waals surface area contributed by atoms with Crippen molar-refractivity contribution >= 4 is 29.4 Å². The molecule has 1 aliphatic rings. The van der Waals surface area contributed by atoms with Crippen LogP contribution in [0.2, 0.25) is 0 Å². The zero-order valence-electron chi connectivity index (χ0n) is 22.3. The molecule has 4 N–H and O–H groups in total. The van der Waals surface area contributed by atoms with Crippen molar-refractivity contribution in [3.8, 4) is 5.75 Å². The van der Waals surface area contributed by atoms with E-state index in [0.717, 1.165) is 42.7 Å². The monoisotopic (exact) mass is 506 g/mol.